The van der Waals surface area contributed by atoms with E-state index in [2.05, 4.69) is 6.07 Å². The van der Waals surface area contributed by atoms with Gasteiger partial charge in [-0.2, -0.15) is 0 Å². The maximum absolute atomic E-state index is 14.0. The van der Waals surface area contributed by atoms with Crippen LogP contribution in [-0.4, -0.2) is 42.8 Å². The zero-order valence-corrected chi connectivity index (χ0v) is 21.4. The van der Waals surface area contributed by atoms with Gasteiger partial charge >= 0.3 is 5.97 Å². The number of carbonyl (C=O) groups is 4. The van der Waals surface area contributed by atoms with Crippen molar-refractivity contribution in [1.29, 1.82) is 0 Å². The first kappa shape index (κ1) is 24.0. The van der Waals surface area contributed by atoms with Crippen molar-refractivity contribution in [3.05, 3.63) is 65.2 Å². The van der Waals surface area contributed by atoms with Gasteiger partial charge in [-0.1, -0.05) is 50.6 Å². The lowest BCUT2D eigenvalue weighted by atomic mass is 9.79. The highest BCUT2D eigenvalue weighted by molar-refractivity contribution is 6.26. The molecule has 2 aromatic carbocycles. The second kappa shape index (κ2) is 8.15. The fraction of sp³-hybridized carbons (Fsp3) is 0.379. The Bertz CT molecular complexity index is 1350. The minimum absolute atomic E-state index is 0.0938. The van der Waals surface area contributed by atoms with E-state index in [4.69, 9.17) is 4.74 Å². The predicted molar refractivity (Wildman–Crippen MR) is 137 cm³/mol. The van der Waals surface area contributed by atoms with E-state index in [-0.39, 0.29) is 17.0 Å². The molecule has 5 rings (SSSR count). The molecule has 0 unspecified atom stereocenters. The molecule has 2 fully saturated rings. The normalized spacial score (nSPS) is 24.8. The summed E-state index contributed by atoms with van der Waals surface area (Å²) in [6.07, 6.45) is 2.01. The van der Waals surface area contributed by atoms with Crippen LogP contribution < -0.4 is 9.80 Å². The summed E-state index contributed by atoms with van der Waals surface area (Å²) in [4.78, 5) is 57.5. The van der Waals surface area contributed by atoms with Crippen LogP contribution in [-0.2, 0) is 19.1 Å². The Hall–Kier alpha value is -3.74. The van der Waals surface area contributed by atoms with Crippen LogP contribution in [0.4, 0.5) is 11.4 Å². The minimum atomic E-state index is -0.865. The molecular formula is C29H30N2O5. The van der Waals surface area contributed by atoms with Crippen molar-refractivity contribution in [2.45, 2.75) is 46.7 Å². The molecule has 0 bridgehead atoms. The lowest BCUT2D eigenvalue weighted by molar-refractivity contribution is -0.132. The maximum atomic E-state index is 14.0. The highest BCUT2D eigenvalue weighted by Gasteiger charge is 2.65. The molecule has 0 aliphatic carbocycles. The Morgan fingerprint density at radius 2 is 1.58 bits per heavy atom. The summed E-state index contributed by atoms with van der Waals surface area (Å²) < 4.78 is 4.89. The quantitative estimate of drug-likeness (QED) is 0.478. The summed E-state index contributed by atoms with van der Waals surface area (Å²) in [5, 5.41) is 0. The Morgan fingerprint density at radius 1 is 0.917 bits per heavy atom. The van der Waals surface area contributed by atoms with Gasteiger partial charge in [0, 0.05) is 16.7 Å². The van der Waals surface area contributed by atoms with E-state index in [1.807, 2.05) is 57.7 Å². The van der Waals surface area contributed by atoms with Gasteiger partial charge in [-0.25, -0.2) is 9.69 Å². The maximum Gasteiger partial charge on any atom is 0.339 e. The minimum Gasteiger partial charge on any atom is -0.465 e. The second-order valence-electron chi connectivity index (χ2n) is 10.9. The molecule has 2 aromatic rings. The highest BCUT2D eigenvalue weighted by atomic mass is 16.5. The van der Waals surface area contributed by atoms with Gasteiger partial charge in [-0.3, -0.25) is 14.4 Å². The van der Waals surface area contributed by atoms with Gasteiger partial charge in [0.2, 0.25) is 11.8 Å². The molecule has 36 heavy (non-hydrogen) atoms. The molecular weight excluding hydrogens is 456 g/mol. The molecule has 0 radical (unpaired) electrons. The molecule has 7 nitrogen and oxygen atoms in total. The Kier molecular flexibility index (Phi) is 5.43. The Morgan fingerprint density at radius 3 is 2.25 bits per heavy atom. The number of hydrogen-bond acceptors (Lipinski definition) is 6. The Balaban J connectivity index is 1.69. The third-order valence-corrected chi connectivity index (χ3v) is 7.56. The molecule has 3 aliphatic heterocycles. The first-order valence-electron chi connectivity index (χ1n) is 12.1. The molecule has 186 valence electrons. The van der Waals surface area contributed by atoms with Gasteiger partial charge < -0.3 is 9.64 Å². The number of amides is 2. The zero-order chi connectivity index (χ0) is 26.1. The number of para-hydroxylation sites is 1. The standard InChI is InChI=1S/C29H30N2O5/c1-15-11-12-20-18(13-15)16(2)14-21-22-23(24(30(20)21)25(32)29(3,4)5)27(34)31(26(22)33)19-10-8-7-9-17(19)28(35)36-6/h7-14,21-24H,1-6H3/t21-,22+,23-,24-/m0/s1. The number of ether oxygens (including phenoxy) is 1. The van der Waals surface area contributed by atoms with Gasteiger partial charge in [0.05, 0.1) is 36.2 Å². The fourth-order valence-electron chi connectivity index (χ4n) is 5.89. The molecule has 3 aliphatic rings. The van der Waals surface area contributed by atoms with Gasteiger partial charge in [-0.05, 0) is 43.7 Å². The monoisotopic (exact) mass is 486 g/mol. The van der Waals surface area contributed by atoms with Crippen LogP contribution in [0, 0.1) is 24.2 Å². The van der Waals surface area contributed by atoms with E-state index < -0.39 is 47.1 Å². The number of fused-ring (bicyclic) bond motifs is 5. The zero-order valence-electron chi connectivity index (χ0n) is 21.4. The first-order chi connectivity index (χ1) is 17.0. The number of carbonyl (C=O) groups excluding carboxylic acids is 4. The molecule has 0 N–H and O–H groups in total. The van der Waals surface area contributed by atoms with Crippen LogP contribution in [0.2, 0.25) is 0 Å². The number of Topliss-reactive ketones (excluding diaryl/α,β-unsaturated/α-hetero) is 1. The van der Waals surface area contributed by atoms with E-state index in [1.165, 1.54) is 13.2 Å². The SMILES string of the molecule is COC(=O)c1ccccc1N1C(=O)[C@H]2[C@H](C1=O)[C@@H]1C=C(C)c3cc(C)ccc3N1[C@@H]2C(=O)C(C)(C)C. The third-order valence-electron chi connectivity index (χ3n) is 7.56. The predicted octanol–water partition coefficient (Wildman–Crippen LogP) is 4.18. The molecule has 2 saturated heterocycles. The summed E-state index contributed by atoms with van der Waals surface area (Å²) in [6.45, 7) is 9.52. The Labute approximate surface area is 210 Å². The third kappa shape index (κ3) is 3.33. The number of methoxy groups -OCH3 is 1. The van der Waals surface area contributed by atoms with Crippen LogP contribution in [0.5, 0.6) is 0 Å². The highest BCUT2D eigenvalue weighted by Crippen LogP contribution is 2.52. The van der Waals surface area contributed by atoms with Crippen molar-refractivity contribution in [2.24, 2.45) is 17.3 Å². The summed E-state index contributed by atoms with van der Waals surface area (Å²) in [7, 11) is 1.26. The smallest absolute Gasteiger partial charge is 0.339 e. The van der Waals surface area contributed by atoms with E-state index >= 15 is 0 Å². The van der Waals surface area contributed by atoms with Crippen molar-refractivity contribution >= 4 is 40.5 Å². The van der Waals surface area contributed by atoms with Crippen molar-refractivity contribution in [2.75, 3.05) is 16.9 Å². The summed E-state index contributed by atoms with van der Waals surface area (Å²) in [5.74, 6) is -3.20. The topological polar surface area (TPSA) is 84.0 Å². The van der Waals surface area contributed by atoms with Crippen molar-refractivity contribution in [3.8, 4) is 0 Å². The van der Waals surface area contributed by atoms with E-state index in [9.17, 15) is 19.2 Å². The number of imide groups is 1. The number of rotatable bonds is 3. The number of allylic oxidation sites excluding steroid dienone is 1. The molecule has 0 saturated carbocycles. The van der Waals surface area contributed by atoms with Gasteiger partial charge in [0.25, 0.3) is 0 Å². The first-order valence-corrected chi connectivity index (χ1v) is 12.1. The molecule has 2 amide bonds. The lowest BCUT2D eigenvalue weighted by Gasteiger charge is -2.39. The van der Waals surface area contributed by atoms with Gasteiger partial charge in [-0.15, -0.1) is 0 Å². The number of hydrogen-bond donors (Lipinski definition) is 0. The summed E-state index contributed by atoms with van der Waals surface area (Å²) in [6, 6.07) is 11.2. The van der Waals surface area contributed by atoms with Crippen LogP contribution in [0.25, 0.3) is 5.57 Å². The van der Waals surface area contributed by atoms with Crippen LogP contribution >= 0.6 is 0 Å². The van der Waals surface area contributed by atoms with Crippen LogP contribution in [0.15, 0.2) is 48.5 Å². The summed E-state index contributed by atoms with van der Waals surface area (Å²) in [5.41, 5.74) is 3.56. The molecule has 0 aromatic heterocycles. The largest absolute Gasteiger partial charge is 0.465 e. The number of ketones is 1. The van der Waals surface area contributed by atoms with Crippen molar-refractivity contribution in [1.82, 2.24) is 0 Å². The summed E-state index contributed by atoms with van der Waals surface area (Å²) >= 11 is 0. The lowest BCUT2D eigenvalue weighted by Crippen LogP contribution is -2.51. The number of esters is 1. The number of anilines is 2. The van der Waals surface area contributed by atoms with Crippen LogP contribution in [0.3, 0.4) is 0 Å². The number of aryl methyl sites for hydroxylation is 1. The number of nitrogens with zero attached hydrogens (tertiary/aromatic N) is 2. The molecule has 0 spiro atoms. The average Bonchev–Trinajstić information content (AvgIpc) is 3.30. The second-order valence-corrected chi connectivity index (χ2v) is 10.9. The molecule has 7 heteroatoms. The molecule has 3 heterocycles. The molecule has 4 atom stereocenters. The van der Waals surface area contributed by atoms with Gasteiger partial charge in [0.15, 0.2) is 5.78 Å². The van der Waals surface area contributed by atoms with Crippen molar-refractivity contribution < 1.29 is 23.9 Å². The van der Waals surface area contributed by atoms with E-state index in [0.29, 0.717) is 0 Å². The number of benzene rings is 2. The van der Waals surface area contributed by atoms with Gasteiger partial charge in [0.1, 0.15) is 6.04 Å². The average molecular weight is 487 g/mol. The van der Waals surface area contributed by atoms with E-state index in [1.54, 1.807) is 18.2 Å². The van der Waals surface area contributed by atoms with Crippen molar-refractivity contribution in [3.63, 3.8) is 0 Å². The fourth-order valence-corrected chi connectivity index (χ4v) is 5.89. The van der Waals surface area contributed by atoms with Crippen LogP contribution in [0.1, 0.15) is 49.2 Å². The van der Waals surface area contributed by atoms with E-state index in [0.717, 1.165) is 27.3 Å².